The van der Waals surface area contributed by atoms with Gasteiger partial charge in [-0.05, 0) is 42.0 Å². The van der Waals surface area contributed by atoms with E-state index in [1.165, 1.54) is 12.1 Å². The largest absolute Gasteiger partial charge is 0.497 e. The maximum absolute atomic E-state index is 13.0. The van der Waals surface area contributed by atoms with Crippen LogP contribution in [0.3, 0.4) is 0 Å². The van der Waals surface area contributed by atoms with E-state index in [9.17, 15) is 4.39 Å². The van der Waals surface area contributed by atoms with E-state index in [0.717, 1.165) is 11.3 Å². The molecule has 0 aliphatic rings. The van der Waals surface area contributed by atoms with Gasteiger partial charge in [-0.3, -0.25) is 5.10 Å². The highest BCUT2D eigenvalue weighted by molar-refractivity contribution is 5.31. The molecular formula is C17H17FN4O2. The molecule has 0 amide bonds. The lowest BCUT2D eigenvalue weighted by Gasteiger charge is -2.07. The quantitative estimate of drug-likeness (QED) is 0.726. The fourth-order valence-corrected chi connectivity index (χ4v) is 2.16. The van der Waals surface area contributed by atoms with Crippen LogP contribution in [0.25, 0.3) is 0 Å². The number of nitrogens with zero attached hydrogens (tertiary/aromatic N) is 2. The monoisotopic (exact) mass is 328 g/mol. The van der Waals surface area contributed by atoms with Crippen molar-refractivity contribution in [1.29, 1.82) is 0 Å². The zero-order chi connectivity index (χ0) is 16.9. The summed E-state index contributed by atoms with van der Waals surface area (Å²) in [6, 6.07) is 12.6. The van der Waals surface area contributed by atoms with Gasteiger partial charge in [0.25, 0.3) is 0 Å². The summed E-state index contributed by atoms with van der Waals surface area (Å²) in [5.41, 5.74) is 6.83. The first-order valence-electron chi connectivity index (χ1n) is 7.35. The third kappa shape index (κ3) is 3.69. The number of methoxy groups -OCH3 is 1. The van der Waals surface area contributed by atoms with E-state index in [-0.39, 0.29) is 12.4 Å². The minimum Gasteiger partial charge on any atom is -0.497 e. The molecule has 0 aliphatic carbocycles. The number of rotatable bonds is 6. The molecule has 1 heterocycles. The highest BCUT2D eigenvalue weighted by Crippen LogP contribution is 2.19. The smallest absolute Gasteiger partial charge is 0.172 e. The van der Waals surface area contributed by atoms with Gasteiger partial charge in [0, 0.05) is 0 Å². The second-order valence-electron chi connectivity index (χ2n) is 5.13. The molecule has 3 N–H and O–H groups in total. The molecule has 3 rings (SSSR count). The first-order chi connectivity index (χ1) is 11.7. The van der Waals surface area contributed by atoms with E-state index in [1.807, 2.05) is 12.1 Å². The van der Waals surface area contributed by atoms with E-state index in [4.69, 9.17) is 15.2 Å². The highest BCUT2D eigenvalue weighted by Gasteiger charge is 2.14. The second kappa shape index (κ2) is 7.10. The third-order valence-corrected chi connectivity index (χ3v) is 3.49. The van der Waals surface area contributed by atoms with E-state index in [2.05, 4.69) is 15.2 Å². The van der Waals surface area contributed by atoms with Gasteiger partial charge in [0.1, 0.15) is 23.9 Å². The Kier molecular flexibility index (Phi) is 4.72. The van der Waals surface area contributed by atoms with E-state index in [0.29, 0.717) is 17.4 Å². The van der Waals surface area contributed by atoms with Crippen molar-refractivity contribution in [2.75, 3.05) is 7.11 Å². The Labute approximate surface area is 138 Å². The average molecular weight is 328 g/mol. The summed E-state index contributed by atoms with van der Waals surface area (Å²) >= 11 is 0. The number of hydrogen-bond donors (Lipinski definition) is 2. The summed E-state index contributed by atoms with van der Waals surface area (Å²) in [5.74, 6) is 2.12. The van der Waals surface area contributed by atoms with Crippen molar-refractivity contribution >= 4 is 0 Å². The lowest BCUT2D eigenvalue weighted by molar-refractivity contribution is 0.295. The van der Waals surface area contributed by atoms with Crippen LogP contribution < -0.4 is 15.2 Å². The number of aromatic amines is 1. The second-order valence-corrected chi connectivity index (χ2v) is 5.13. The molecule has 0 saturated carbocycles. The molecule has 0 aliphatic heterocycles. The first-order valence-corrected chi connectivity index (χ1v) is 7.35. The van der Waals surface area contributed by atoms with Crippen LogP contribution in [0.5, 0.6) is 11.5 Å². The summed E-state index contributed by atoms with van der Waals surface area (Å²) in [6.07, 6.45) is 0. The predicted molar refractivity (Wildman–Crippen MR) is 86.1 cm³/mol. The lowest BCUT2D eigenvalue weighted by atomic mass is 10.1. The molecule has 124 valence electrons. The van der Waals surface area contributed by atoms with Gasteiger partial charge in [-0.15, -0.1) is 0 Å². The van der Waals surface area contributed by atoms with Crippen molar-refractivity contribution in [3.05, 3.63) is 71.6 Å². The number of ether oxygens (including phenoxy) is 2. The van der Waals surface area contributed by atoms with Gasteiger partial charge in [-0.2, -0.15) is 5.10 Å². The highest BCUT2D eigenvalue weighted by atomic mass is 19.1. The minimum absolute atomic E-state index is 0.232. The van der Waals surface area contributed by atoms with Crippen molar-refractivity contribution in [2.24, 2.45) is 5.73 Å². The molecule has 1 aromatic heterocycles. The van der Waals surface area contributed by atoms with Gasteiger partial charge in [0.05, 0.1) is 13.2 Å². The maximum Gasteiger partial charge on any atom is 0.172 e. The van der Waals surface area contributed by atoms with E-state index >= 15 is 0 Å². The van der Waals surface area contributed by atoms with Crippen LogP contribution in [0, 0.1) is 5.82 Å². The standard InChI is InChI=1S/C17H17FN4O2/c1-23-13-6-8-14(9-7-13)24-10-15-20-17(22-21-15)16(19)11-2-4-12(18)5-3-11/h2-9,16H,10,19H2,1H3,(H,20,21,22). The molecule has 0 radical (unpaired) electrons. The number of nitrogens with one attached hydrogen (secondary N) is 1. The van der Waals surface area contributed by atoms with E-state index in [1.54, 1.807) is 31.4 Å². The summed E-state index contributed by atoms with van der Waals surface area (Å²) in [4.78, 5) is 4.32. The molecular weight excluding hydrogens is 311 g/mol. The Balaban J connectivity index is 1.63. The number of hydrogen-bond acceptors (Lipinski definition) is 5. The van der Waals surface area contributed by atoms with Gasteiger partial charge in [-0.25, -0.2) is 9.37 Å². The summed E-state index contributed by atoms with van der Waals surface area (Å²) in [6.45, 7) is 0.232. The fraction of sp³-hybridized carbons (Fsp3) is 0.176. The molecule has 2 aromatic carbocycles. The third-order valence-electron chi connectivity index (χ3n) is 3.49. The Morgan fingerprint density at radius 2 is 1.75 bits per heavy atom. The van der Waals surface area contributed by atoms with Crippen LogP contribution in [0.4, 0.5) is 4.39 Å². The van der Waals surface area contributed by atoms with Crippen LogP contribution in [0.2, 0.25) is 0 Å². The Hall–Kier alpha value is -2.93. The average Bonchev–Trinajstić information content (AvgIpc) is 3.09. The maximum atomic E-state index is 13.0. The molecule has 1 atom stereocenters. The number of H-pyrrole nitrogens is 1. The molecule has 0 spiro atoms. The van der Waals surface area contributed by atoms with Crippen LogP contribution in [0.15, 0.2) is 48.5 Å². The predicted octanol–water partition coefficient (Wildman–Crippen LogP) is 2.58. The Morgan fingerprint density at radius 1 is 1.08 bits per heavy atom. The van der Waals surface area contributed by atoms with Gasteiger partial charge in [0.2, 0.25) is 0 Å². The number of benzene rings is 2. The van der Waals surface area contributed by atoms with Gasteiger partial charge < -0.3 is 15.2 Å². The molecule has 1 unspecified atom stereocenters. The summed E-state index contributed by atoms with van der Waals surface area (Å²) < 4.78 is 23.7. The number of halogens is 1. The van der Waals surface area contributed by atoms with Gasteiger partial charge in [0.15, 0.2) is 11.6 Å². The van der Waals surface area contributed by atoms with Crippen molar-refractivity contribution in [3.8, 4) is 11.5 Å². The normalized spacial score (nSPS) is 12.0. The zero-order valence-electron chi connectivity index (χ0n) is 13.1. The van der Waals surface area contributed by atoms with Crippen LogP contribution >= 0.6 is 0 Å². The molecule has 7 heteroatoms. The van der Waals surface area contributed by atoms with Crippen molar-refractivity contribution in [2.45, 2.75) is 12.6 Å². The molecule has 0 bridgehead atoms. The Bertz CT molecular complexity index is 787. The van der Waals surface area contributed by atoms with Crippen LogP contribution in [0.1, 0.15) is 23.3 Å². The lowest BCUT2D eigenvalue weighted by Crippen LogP contribution is -2.13. The van der Waals surface area contributed by atoms with Crippen LogP contribution in [-0.2, 0) is 6.61 Å². The summed E-state index contributed by atoms with van der Waals surface area (Å²) in [7, 11) is 1.61. The van der Waals surface area contributed by atoms with Crippen LogP contribution in [-0.4, -0.2) is 22.3 Å². The van der Waals surface area contributed by atoms with Crippen molar-refractivity contribution in [3.63, 3.8) is 0 Å². The molecule has 24 heavy (non-hydrogen) atoms. The van der Waals surface area contributed by atoms with Crippen molar-refractivity contribution in [1.82, 2.24) is 15.2 Å². The molecule has 3 aromatic rings. The van der Waals surface area contributed by atoms with Gasteiger partial charge in [-0.1, -0.05) is 12.1 Å². The summed E-state index contributed by atoms with van der Waals surface area (Å²) in [5, 5.41) is 6.90. The van der Waals surface area contributed by atoms with Gasteiger partial charge >= 0.3 is 0 Å². The zero-order valence-corrected chi connectivity index (χ0v) is 13.1. The molecule has 0 fully saturated rings. The number of nitrogens with two attached hydrogens (primary N) is 1. The Morgan fingerprint density at radius 3 is 2.42 bits per heavy atom. The fourth-order valence-electron chi connectivity index (χ4n) is 2.16. The minimum atomic E-state index is -0.531. The number of aromatic nitrogens is 3. The first kappa shape index (κ1) is 15.9. The van der Waals surface area contributed by atoms with E-state index < -0.39 is 6.04 Å². The SMILES string of the molecule is COc1ccc(OCc2nc(C(N)c3ccc(F)cc3)n[nH]2)cc1. The van der Waals surface area contributed by atoms with Crippen molar-refractivity contribution < 1.29 is 13.9 Å². The molecule has 0 saturated heterocycles. The molecule has 6 nitrogen and oxygen atoms in total. The topological polar surface area (TPSA) is 86.1 Å².